The van der Waals surface area contributed by atoms with E-state index in [1.54, 1.807) is 0 Å². The lowest BCUT2D eigenvalue weighted by Gasteiger charge is -2.23. The summed E-state index contributed by atoms with van der Waals surface area (Å²) in [6, 6.07) is 2.18. The van der Waals surface area contributed by atoms with Crippen LogP contribution in [0, 0.1) is 13.8 Å². The van der Waals surface area contributed by atoms with Crippen molar-refractivity contribution in [1.29, 1.82) is 0 Å². The Bertz CT molecular complexity index is 310. The Morgan fingerprint density at radius 2 is 2.23 bits per heavy atom. The van der Waals surface area contributed by atoms with E-state index in [9.17, 15) is 0 Å². The zero-order valence-corrected chi connectivity index (χ0v) is 9.37. The van der Waals surface area contributed by atoms with E-state index >= 15 is 0 Å². The maximum atomic E-state index is 6.20. The van der Waals surface area contributed by atoms with Gasteiger partial charge in [-0.25, -0.2) is 0 Å². The van der Waals surface area contributed by atoms with Crippen molar-refractivity contribution < 1.29 is 0 Å². The molecule has 0 radical (unpaired) electrons. The number of nitrogens with two attached hydrogens (primary N) is 1. The summed E-state index contributed by atoms with van der Waals surface area (Å²) < 4.78 is 0. The van der Waals surface area contributed by atoms with E-state index < -0.39 is 0 Å². The molecular formula is C11H17NS. The second-order valence-corrected chi connectivity index (χ2v) is 5.20. The molecule has 0 spiro atoms. The minimum Gasteiger partial charge on any atom is -0.321 e. The van der Waals surface area contributed by atoms with Crippen molar-refractivity contribution in [1.82, 2.24) is 0 Å². The van der Waals surface area contributed by atoms with Crippen LogP contribution in [-0.4, -0.2) is 0 Å². The third-order valence-corrected chi connectivity index (χ3v) is 3.19. The van der Waals surface area contributed by atoms with Crippen molar-refractivity contribution in [2.45, 2.75) is 32.7 Å². The molecule has 1 atom stereocenters. The van der Waals surface area contributed by atoms with Crippen LogP contribution in [0.5, 0.6) is 0 Å². The molecule has 1 aromatic heterocycles. The molecule has 0 unspecified atom stereocenters. The predicted molar refractivity (Wildman–Crippen MR) is 60.1 cm³/mol. The molecule has 0 saturated heterocycles. The Morgan fingerprint density at radius 3 is 2.62 bits per heavy atom. The second kappa shape index (κ2) is 3.64. The fourth-order valence-electron chi connectivity index (χ4n) is 1.61. The van der Waals surface area contributed by atoms with E-state index in [0.717, 1.165) is 6.42 Å². The van der Waals surface area contributed by atoms with Gasteiger partial charge in [0, 0.05) is 15.3 Å². The number of aryl methyl sites for hydroxylation is 2. The van der Waals surface area contributed by atoms with Crippen LogP contribution >= 0.6 is 11.3 Å². The molecule has 0 fully saturated rings. The van der Waals surface area contributed by atoms with Gasteiger partial charge in [0.25, 0.3) is 0 Å². The lowest BCUT2D eigenvalue weighted by Crippen LogP contribution is -2.32. The van der Waals surface area contributed by atoms with Gasteiger partial charge in [-0.15, -0.1) is 17.9 Å². The molecule has 0 aliphatic carbocycles. The Morgan fingerprint density at radius 1 is 1.62 bits per heavy atom. The monoisotopic (exact) mass is 195 g/mol. The van der Waals surface area contributed by atoms with E-state index in [0.29, 0.717) is 0 Å². The molecule has 72 valence electrons. The van der Waals surface area contributed by atoms with Gasteiger partial charge >= 0.3 is 0 Å². The highest BCUT2D eigenvalue weighted by atomic mass is 32.1. The summed E-state index contributed by atoms with van der Waals surface area (Å²) in [5.74, 6) is 0. The summed E-state index contributed by atoms with van der Waals surface area (Å²) >= 11 is 1.81. The fourth-order valence-corrected chi connectivity index (χ4v) is 2.67. The first kappa shape index (κ1) is 10.5. The summed E-state index contributed by atoms with van der Waals surface area (Å²) in [6.07, 6.45) is 2.70. The van der Waals surface area contributed by atoms with Gasteiger partial charge in [-0.3, -0.25) is 0 Å². The Balaban J connectivity index is 3.05. The predicted octanol–water partition coefficient (Wildman–Crippen LogP) is 3.11. The van der Waals surface area contributed by atoms with E-state index in [1.165, 1.54) is 15.3 Å². The van der Waals surface area contributed by atoms with Crippen LogP contribution in [0.15, 0.2) is 18.7 Å². The standard InChI is InChI=1S/C11H17NS/c1-5-6-11(4,12)10-7-8(2)13-9(10)3/h5,7H,1,6,12H2,2-4H3/t11-/m0/s1. The van der Waals surface area contributed by atoms with Crippen LogP contribution in [0.25, 0.3) is 0 Å². The molecule has 13 heavy (non-hydrogen) atoms. The van der Waals surface area contributed by atoms with Crippen molar-refractivity contribution in [3.8, 4) is 0 Å². The molecule has 0 amide bonds. The fraction of sp³-hybridized carbons (Fsp3) is 0.455. The van der Waals surface area contributed by atoms with Gasteiger partial charge in [0.1, 0.15) is 0 Å². The average molecular weight is 195 g/mol. The Kier molecular flexibility index (Phi) is 2.94. The third-order valence-electron chi connectivity index (χ3n) is 2.22. The van der Waals surface area contributed by atoms with Gasteiger partial charge in [-0.2, -0.15) is 0 Å². The molecule has 0 aliphatic rings. The molecule has 1 heterocycles. The molecule has 0 aromatic carbocycles. The molecule has 0 aliphatic heterocycles. The summed E-state index contributed by atoms with van der Waals surface area (Å²) in [4.78, 5) is 2.65. The smallest absolute Gasteiger partial charge is 0.0426 e. The van der Waals surface area contributed by atoms with Gasteiger partial charge < -0.3 is 5.73 Å². The van der Waals surface area contributed by atoms with Crippen LogP contribution < -0.4 is 5.73 Å². The summed E-state index contributed by atoms with van der Waals surface area (Å²) in [5.41, 5.74) is 7.20. The van der Waals surface area contributed by atoms with Crippen LogP contribution in [0.2, 0.25) is 0 Å². The molecule has 1 aromatic rings. The Hall–Kier alpha value is -0.600. The van der Waals surface area contributed by atoms with E-state index in [-0.39, 0.29) is 5.54 Å². The molecule has 1 nitrogen and oxygen atoms in total. The quantitative estimate of drug-likeness (QED) is 0.737. The zero-order chi connectivity index (χ0) is 10.1. The molecule has 2 heteroatoms. The first-order chi connectivity index (χ1) is 5.97. The van der Waals surface area contributed by atoms with Crippen LogP contribution in [0.1, 0.15) is 28.7 Å². The van der Waals surface area contributed by atoms with E-state index in [4.69, 9.17) is 5.73 Å². The minimum absolute atomic E-state index is 0.253. The van der Waals surface area contributed by atoms with Crippen molar-refractivity contribution in [3.63, 3.8) is 0 Å². The molecular weight excluding hydrogens is 178 g/mol. The van der Waals surface area contributed by atoms with Crippen molar-refractivity contribution in [3.05, 3.63) is 34.0 Å². The average Bonchev–Trinajstić information content (AvgIpc) is 2.30. The first-order valence-corrected chi connectivity index (χ1v) is 5.26. The van der Waals surface area contributed by atoms with Crippen LogP contribution in [-0.2, 0) is 5.54 Å². The maximum Gasteiger partial charge on any atom is 0.0426 e. The highest BCUT2D eigenvalue weighted by Gasteiger charge is 2.22. The topological polar surface area (TPSA) is 26.0 Å². The molecule has 2 N–H and O–H groups in total. The number of hydrogen-bond acceptors (Lipinski definition) is 2. The van der Waals surface area contributed by atoms with Gasteiger partial charge in [0.2, 0.25) is 0 Å². The summed E-state index contributed by atoms with van der Waals surface area (Å²) in [6.45, 7) is 10.0. The minimum atomic E-state index is -0.253. The highest BCUT2D eigenvalue weighted by molar-refractivity contribution is 7.12. The molecule has 0 saturated carbocycles. The zero-order valence-electron chi connectivity index (χ0n) is 8.55. The number of hydrogen-bond donors (Lipinski definition) is 1. The van der Waals surface area contributed by atoms with Crippen LogP contribution in [0.3, 0.4) is 0 Å². The van der Waals surface area contributed by atoms with E-state index in [2.05, 4.69) is 33.4 Å². The number of thiophene rings is 1. The number of rotatable bonds is 3. The largest absolute Gasteiger partial charge is 0.321 e. The molecule has 0 bridgehead atoms. The van der Waals surface area contributed by atoms with E-state index in [1.807, 2.05) is 17.4 Å². The van der Waals surface area contributed by atoms with Crippen molar-refractivity contribution in [2.24, 2.45) is 5.73 Å². The summed E-state index contributed by atoms with van der Waals surface area (Å²) in [5, 5.41) is 0. The van der Waals surface area contributed by atoms with Crippen molar-refractivity contribution in [2.75, 3.05) is 0 Å². The lowest BCUT2D eigenvalue weighted by atomic mass is 9.90. The maximum absolute atomic E-state index is 6.20. The van der Waals surface area contributed by atoms with Crippen molar-refractivity contribution >= 4 is 11.3 Å². The normalized spacial score (nSPS) is 15.4. The van der Waals surface area contributed by atoms with Crippen LogP contribution in [0.4, 0.5) is 0 Å². The van der Waals surface area contributed by atoms with Gasteiger partial charge in [-0.1, -0.05) is 6.08 Å². The Labute approximate surface area is 84.3 Å². The SMILES string of the molecule is C=CC[C@](C)(N)c1cc(C)sc1C. The highest BCUT2D eigenvalue weighted by Crippen LogP contribution is 2.30. The summed E-state index contributed by atoms with van der Waals surface area (Å²) in [7, 11) is 0. The molecule has 1 rings (SSSR count). The van der Waals surface area contributed by atoms with Gasteiger partial charge in [0.05, 0.1) is 0 Å². The third kappa shape index (κ3) is 2.20. The van der Waals surface area contributed by atoms with Gasteiger partial charge in [0.15, 0.2) is 0 Å². The lowest BCUT2D eigenvalue weighted by molar-refractivity contribution is 0.502. The first-order valence-electron chi connectivity index (χ1n) is 4.44. The van der Waals surface area contributed by atoms with Gasteiger partial charge in [-0.05, 0) is 38.8 Å². The second-order valence-electron chi connectivity index (χ2n) is 3.74.